The largest absolute Gasteiger partial charge is 0.480 e. The summed E-state index contributed by atoms with van der Waals surface area (Å²) in [5, 5.41) is 11.9. The summed E-state index contributed by atoms with van der Waals surface area (Å²) in [6, 6.07) is 6.66. The molecule has 1 aliphatic rings. The Balaban J connectivity index is 2.08. The van der Waals surface area contributed by atoms with Crippen molar-refractivity contribution in [2.75, 3.05) is 11.4 Å². The number of unbranched alkanes of at least 4 members (excludes halogenated alkanes) is 1. The number of fused-ring (bicyclic) bond motifs is 1. The third-order valence-electron chi connectivity index (χ3n) is 3.80. The van der Waals surface area contributed by atoms with Crippen LogP contribution in [0, 0.1) is 0 Å². The predicted octanol–water partition coefficient (Wildman–Crippen LogP) is 2.79. The molecule has 0 aliphatic carbocycles. The van der Waals surface area contributed by atoms with Crippen molar-refractivity contribution in [2.45, 2.75) is 45.1 Å². The second kappa shape index (κ2) is 7.11. The first-order valence-electron chi connectivity index (χ1n) is 7.52. The molecular formula is C16H22N2O3. The van der Waals surface area contributed by atoms with E-state index in [9.17, 15) is 14.7 Å². The summed E-state index contributed by atoms with van der Waals surface area (Å²) in [5.41, 5.74) is 2.03. The summed E-state index contributed by atoms with van der Waals surface area (Å²) in [6.45, 7) is 2.63. The Bertz CT molecular complexity index is 516. The molecule has 114 valence electrons. The number of aliphatic carboxylic acids is 1. The van der Waals surface area contributed by atoms with Gasteiger partial charge >= 0.3 is 12.0 Å². The van der Waals surface area contributed by atoms with Gasteiger partial charge in [0.2, 0.25) is 0 Å². The van der Waals surface area contributed by atoms with Crippen LogP contribution in [0.5, 0.6) is 0 Å². The minimum absolute atomic E-state index is 0.314. The average molecular weight is 290 g/mol. The fraction of sp³-hybridized carbons (Fsp3) is 0.500. The first kappa shape index (κ1) is 15.4. The number of hydrogen-bond donors (Lipinski definition) is 2. The molecule has 1 aromatic rings. The zero-order valence-corrected chi connectivity index (χ0v) is 12.3. The van der Waals surface area contributed by atoms with Gasteiger partial charge in [-0.2, -0.15) is 0 Å². The second-order valence-corrected chi connectivity index (χ2v) is 5.37. The van der Waals surface area contributed by atoms with E-state index in [2.05, 4.69) is 5.32 Å². The van der Waals surface area contributed by atoms with Crippen LogP contribution in [0.3, 0.4) is 0 Å². The molecule has 0 bridgehead atoms. The minimum Gasteiger partial charge on any atom is -0.480 e. The highest BCUT2D eigenvalue weighted by atomic mass is 16.4. The van der Waals surface area contributed by atoms with Crippen molar-refractivity contribution < 1.29 is 14.7 Å². The lowest BCUT2D eigenvalue weighted by atomic mass is 10.0. The summed E-state index contributed by atoms with van der Waals surface area (Å²) in [5.74, 6) is -0.970. The quantitative estimate of drug-likeness (QED) is 0.876. The van der Waals surface area contributed by atoms with E-state index in [0.717, 1.165) is 36.9 Å². The number of hydrogen-bond acceptors (Lipinski definition) is 2. The van der Waals surface area contributed by atoms with E-state index in [-0.39, 0.29) is 6.03 Å². The topological polar surface area (TPSA) is 69.6 Å². The monoisotopic (exact) mass is 290 g/mol. The molecule has 1 atom stereocenters. The fourth-order valence-corrected chi connectivity index (χ4v) is 2.64. The molecule has 5 nitrogen and oxygen atoms in total. The highest BCUT2D eigenvalue weighted by molar-refractivity contribution is 5.95. The van der Waals surface area contributed by atoms with Gasteiger partial charge in [-0.15, -0.1) is 0 Å². The van der Waals surface area contributed by atoms with Crippen LogP contribution in [-0.2, 0) is 11.2 Å². The number of para-hydroxylation sites is 1. The lowest BCUT2D eigenvalue weighted by Crippen LogP contribution is -2.49. The lowest BCUT2D eigenvalue weighted by molar-refractivity contribution is -0.139. The normalized spacial score (nSPS) is 15.2. The smallest absolute Gasteiger partial charge is 0.326 e. The van der Waals surface area contributed by atoms with Crippen molar-refractivity contribution in [1.82, 2.24) is 5.32 Å². The van der Waals surface area contributed by atoms with E-state index in [1.54, 1.807) is 4.90 Å². The average Bonchev–Trinajstić information content (AvgIpc) is 2.50. The van der Waals surface area contributed by atoms with Crippen molar-refractivity contribution in [3.05, 3.63) is 29.8 Å². The Morgan fingerprint density at radius 1 is 1.38 bits per heavy atom. The van der Waals surface area contributed by atoms with Crippen LogP contribution in [0.1, 0.15) is 38.2 Å². The van der Waals surface area contributed by atoms with Gasteiger partial charge in [0.25, 0.3) is 0 Å². The molecule has 2 amide bonds. The van der Waals surface area contributed by atoms with Crippen LogP contribution >= 0.6 is 0 Å². The van der Waals surface area contributed by atoms with Crippen molar-refractivity contribution in [2.24, 2.45) is 0 Å². The van der Waals surface area contributed by atoms with Crippen LogP contribution in [0.15, 0.2) is 24.3 Å². The lowest BCUT2D eigenvalue weighted by Gasteiger charge is -2.30. The highest BCUT2D eigenvalue weighted by Gasteiger charge is 2.26. The number of carboxylic acids is 1. The van der Waals surface area contributed by atoms with Gasteiger partial charge in [0.05, 0.1) is 0 Å². The number of nitrogens with zero attached hydrogens (tertiary/aromatic N) is 1. The summed E-state index contributed by atoms with van der Waals surface area (Å²) >= 11 is 0. The van der Waals surface area contributed by atoms with Crippen LogP contribution in [0.2, 0.25) is 0 Å². The number of nitrogens with one attached hydrogen (secondary N) is 1. The number of rotatable bonds is 5. The molecule has 1 heterocycles. The third-order valence-corrected chi connectivity index (χ3v) is 3.80. The molecule has 2 N–H and O–H groups in total. The van der Waals surface area contributed by atoms with Crippen molar-refractivity contribution in [1.29, 1.82) is 0 Å². The van der Waals surface area contributed by atoms with E-state index < -0.39 is 12.0 Å². The molecule has 2 rings (SSSR count). The predicted molar refractivity (Wildman–Crippen MR) is 81.6 cm³/mol. The highest BCUT2D eigenvalue weighted by Crippen LogP contribution is 2.26. The summed E-state index contributed by atoms with van der Waals surface area (Å²) in [7, 11) is 0. The Morgan fingerprint density at radius 3 is 2.86 bits per heavy atom. The number of carbonyl (C=O) groups excluding carboxylic acids is 1. The molecule has 21 heavy (non-hydrogen) atoms. The van der Waals surface area contributed by atoms with Gasteiger partial charge in [0, 0.05) is 12.2 Å². The maximum atomic E-state index is 12.4. The maximum Gasteiger partial charge on any atom is 0.326 e. The molecule has 0 saturated carbocycles. The van der Waals surface area contributed by atoms with E-state index in [1.807, 2.05) is 31.2 Å². The van der Waals surface area contributed by atoms with Gasteiger partial charge in [0.1, 0.15) is 6.04 Å². The summed E-state index contributed by atoms with van der Waals surface area (Å²) in [4.78, 5) is 25.3. The Morgan fingerprint density at radius 2 is 2.14 bits per heavy atom. The standard InChI is InChI=1S/C16H22N2O3/c1-2-3-9-13(15(19)20)17-16(21)18-11-6-8-12-7-4-5-10-14(12)18/h4-5,7,10,13H,2-3,6,8-9,11H2,1H3,(H,17,21)(H,19,20). The molecule has 1 unspecified atom stereocenters. The summed E-state index contributed by atoms with van der Waals surface area (Å²) in [6.07, 6.45) is 4.02. The number of aryl methyl sites for hydroxylation is 1. The molecule has 1 aromatic carbocycles. The number of amides is 2. The fourth-order valence-electron chi connectivity index (χ4n) is 2.64. The van der Waals surface area contributed by atoms with Gasteiger partial charge < -0.3 is 10.4 Å². The van der Waals surface area contributed by atoms with Gasteiger partial charge in [-0.3, -0.25) is 4.90 Å². The zero-order valence-electron chi connectivity index (χ0n) is 12.3. The van der Waals surface area contributed by atoms with Gasteiger partial charge in [-0.25, -0.2) is 9.59 Å². The maximum absolute atomic E-state index is 12.4. The van der Waals surface area contributed by atoms with Gasteiger partial charge in [-0.1, -0.05) is 38.0 Å². The number of urea groups is 1. The first-order valence-corrected chi connectivity index (χ1v) is 7.52. The number of carbonyl (C=O) groups is 2. The minimum atomic E-state index is -0.970. The molecule has 0 radical (unpaired) electrons. The van der Waals surface area contributed by atoms with Crippen molar-refractivity contribution in [3.63, 3.8) is 0 Å². The van der Waals surface area contributed by atoms with Gasteiger partial charge in [-0.05, 0) is 30.9 Å². The van der Waals surface area contributed by atoms with E-state index in [1.165, 1.54) is 0 Å². The molecule has 0 spiro atoms. The molecule has 0 aromatic heterocycles. The number of carboxylic acid groups (broad SMARTS) is 1. The van der Waals surface area contributed by atoms with E-state index >= 15 is 0 Å². The molecule has 5 heteroatoms. The SMILES string of the molecule is CCCCC(NC(=O)N1CCCc2ccccc21)C(=O)O. The number of anilines is 1. The van der Waals surface area contributed by atoms with Crippen LogP contribution in [0.4, 0.5) is 10.5 Å². The molecular weight excluding hydrogens is 268 g/mol. The van der Waals surface area contributed by atoms with Crippen LogP contribution in [-0.4, -0.2) is 29.7 Å². The Hall–Kier alpha value is -2.04. The van der Waals surface area contributed by atoms with Crippen LogP contribution in [0.25, 0.3) is 0 Å². The Kier molecular flexibility index (Phi) is 5.20. The summed E-state index contributed by atoms with van der Waals surface area (Å²) < 4.78 is 0. The number of benzene rings is 1. The van der Waals surface area contributed by atoms with Crippen molar-refractivity contribution in [3.8, 4) is 0 Å². The zero-order chi connectivity index (χ0) is 15.2. The van der Waals surface area contributed by atoms with Crippen molar-refractivity contribution >= 4 is 17.7 Å². The molecule has 1 aliphatic heterocycles. The van der Waals surface area contributed by atoms with Gasteiger partial charge in [0.15, 0.2) is 0 Å². The van der Waals surface area contributed by atoms with Crippen LogP contribution < -0.4 is 10.2 Å². The molecule has 0 fully saturated rings. The molecule has 0 saturated heterocycles. The Labute approximate surface area is 125 Å². The van der Waals surface area contributed by atoms with E-state index in [4.69, 9.17) is 0 Å². The first-order chi connectivity index (χ1) is 10.1. The second-order valence-electron chi connectivity index (χ2n) is 5.37. The third kappa shape index (κ3) is 3.74. The van der Waals surface area contributed by atoms with E-state index in [0.29, 0.717) is 13.0 Å².